The maximum Gasteiger partial charge on any atom is 0.322 e. The highest BCUT2D eigenvalue weighted by atomic mass is 16.5. The molecule has 154 valence electrons. The molecule has 3 aliphatic rings. The van der Waals surface area contributed by atoms with Crippen LogP contribution in [0.5, 0.6) is 0 Å². The summed E-state index contributed by atoms with van der Waals surface area (Å²) in [5.41, 5.74) is 1.06. The Bertz CT molecular complexity index is 882. The number of piperidine rings is 1. The van der Waals surface area contributed by atoms with Gasteiger partial charge in [0.2, 0.25) is 5.91 Å². The molecule has 29 heavy (non-hydrogen) atoms. The van der Waals surface area contributed by atoms with E-state index in [-0.39, 0.29) is 30.2 Å². The largest absolute Gasteiger partial charge is 0.468 e. The predicted molar refractivity (Wildman–Crippen MR) is 106 cm³/mol. The van der Waals surface area contributed by atoms with Crippen LogP contribution in [0.15, 0.2) is 36.4 Å². The molecule has 0 bridgehead atoms. The van der Waals surface area contributed by atoms with Gasteiger partial charge in [0.25, 0.3) is 0 Å². The van der Waals surface area contributed by atoms with Gasteiger partial charge >= 0.3 is 5.97 Å². The summed E-state index contributed by atoms with van der Waals surface area (Å²) < 4.78 is 10.9. The molecule has 0 spiro atoms. The van der Waals surface area contributed by atoms with Crippen LogP contribution in [0.1, 0.15) is 37.7 Å². The van der Waals surface area contributed by atoms with Crippen molar-refractivity contribution in [2.75, 3.05) is 19.5 Å². The van der Waals surface area contributed by atoms with Crippen molar-refractivity contribution in [3.63, 3.8) is 0 Å². The number of likely N-dealkylation sites (tertiary alicyclic amines) is 1. The van der Waals surface area contributed by atoms with Gasteiger partial charge in [-0.3, -0.25) is 19.3 Å². The Morgan fingerprint density at radius 2 is 2.03 bits per heavy atom. The lowest BCUT2D eigenvalue weighted by Gasteiger charge is -2.55. The Kier molecular flexibility index (Phi) is 5.04. The molecule has 1 fully saturated rings. The van der Waals surface area contributed by atoms with E-state index in [1.165, 1.54) is 7.11 Å². The van der Waals surface area contributed by atoms with Gasteiger partial charge in [-0.25, -0.2) is 0 Å². The summed E-state index contributed by atoms with van der Waals surface area (Å²) in [6.07, 6.45) is 4.94. The van der Waals surface area contributed by atoms with Crippen molar-refractivity contribution in [2.24, 2.45) is 0 Å². The first-order valence-electron chi connectivity index (χ1n) is 9.94. The van der Waals surface area contributed by atoms with Crippen LogP contribution in [0.3, 0.4) is 0 Å². The highest BCUT2D eigenvalue weighted by molar-refractivity contribution is 6.03. The molecule has 1 aromatic carbocycles. The standard InChI is InChI=1S/C22H26N2O5/c1-13(21(27)28-2)24-17(19-15-6-4-5-7-16(15)23-20(19)26)9-11-22(29-3)10-8-14(25)12-18(22)24/h4-8,10,13,17-19H,9,11-12H2,1-3H3,(H,23,26). The van der Waals surface area contributed by atoms with Crippen molar-refractivity contribution < 1.29 is 23.9 Å². The minimum absolute atomic E-state index is 0.0123. The Morgan fingerprint density at radius 3 is 2.76 bits per heavy atom. The third kappa shape index (κ3) is 3.09. The SMILES string of the molecule is COC(=O)C(C)N1C(C2C(=O)Nc3ccccc32)CCC2(OC)C=CC(=O)CC12. The number of esters is 1. The number of benzene rings is 1. The molecule has 1 amide bonds. The molecule has 7 heteroatoms. The van der Waals surface area contributed by atoms with E-state index in [0.29, 0.717) is 12.8 Å². The molecule has 2 heterocycles. The Hall–Kier alpha value is -2.51. The number of anilines is 1. The maximum atomic E-state index is 12.9. The monoisotopic (exact) mass is 398 g/mol. The van der Waals surface area contributed by atoms with Crippen molar-refractivity contribution >= 4 is 23.3 Å². The third-order valence-corrected chi connectivity index (χ3v) is 6.67. The molecule has 4 rings (SSSR count). The molecule has 0 radical (unpaired) electrons. The van der Waals surface area contributed by atoms with Crippen LogP contribution in [0.25, 0.3) is 0 Å². The van der Waals surface area contributed by atoms with E-state index < -0.39 is 23.5 Å². The van der Waals surface area contributed by atoms with Crippen LogP contribution < -0.4 is 5.32 Å². The van der Waals surface area contributed by atoms with Gasteiger partial charge in [-0.1, -0.05) is 18.2 Å². The van der Waals surface area contributed by atoms with Crippen LogP contribution in [0, 0.1) is 0 Å². The smallest absolute Gasteiger partial charge is 0.322 e. The van der Waals surface area contributed by atoms with E-state index in [2.05, 4.69) is 5.32 Å². The van der Waals surface area contributed by atoms with Crippen molar-refractivity contribution in [3.8, 4) is 0 Å². The molecule has 5 atom stereocenters. The molecule has 0 saturated carbocycles. The average Bonchev–Trinajstić information content (AvgIpc) is 3.07. The number of amides is 1. The zero-order valence-corrected chi connectivity index (χ0v) is 16.9. The Morgan fingerprint density at radius 1 is 1.28 bits per heavy atom. The highest BCUT2D eigenvalue weighted by Crippen LogP contribution is 2.47. The number of hydrogen-bond donors (Lipinski definition) is 1. The summed E-state index contributed by atoms with van der Waals surface area (Å²) in [5, 5.41) is 2.96. The molecule has 7 nitrogen and oxygen atoms in total. The topological polar surface area (TPSA) is 84.9 Å². The number of ketones is 1. The molecule has 1 saturated heterocycles. The van der Waals surface area contributed by atoms with Gasteiger partial charge in [0.1, 0.15) is 11.6 Å². The fourth-order valence-electron chi connectivity index (χ4n) is 5.25. The molecular weight excluding hydrogens is 372 g/mol. The van der Waals surface area contributed by atoms with Crippen molar-refractivity contribution in [1.29, 1.82) is 0 Å². The van der Waals surface area contributed by atoms with E-state index in [1.807, 2.05) is 35.2 Å². The number of carbonyl (C=O) groups excluding carboxylic acids is 3. The Labute approximate surface area is 170 Å². The number of para-hydroxylation sites is 1. The number of fused-ring (bicyclic) bond motifs is 2. The summed E-state index contributed by atoms with van der Waals surface area (Å²) in [5.74, 6) is -0.910. The second kappa shape index (κ2) is 7.39. The minimum Gasteiger partial charge on any atom is -0.468 e. The molecular formula is C22H26N2O5. The van der Waals surface area contributed by atoms with Gasteiger partial charge in [0.05, 0.1) is 19.1 Å². The number of rotatable bonds is 4. The molecule has 2 aliphatic heterocycles. The summed E-state index contributed by atoms with van der Waals surface area (Å²) in [7, 11) is 2.98. The number of nitrogens with one attached hydrogen (secondary N) is 1. The lowest BCUT2D eigenvalue weighted by molar-refractivity contribution is -0.162. The van der Waals surface area contributed by atoms with Crippen LogP contribution in [-0.4, -0.2) is 60.5 Å². The van der Waals surface area contributed by atoms with Gasteiger partial charge < -0.3 is 14.8 Å². The van der Waals surface area contributed by atoms with E-state index in [4.69, 9.17) is 9.47 Å². The summed E-state index contributed by atoms with van der Waals surface area (Å²) in [4.78, 5) is 39.8. The number of nitrogens with zero attached hydrogens (tertiary/aromatic N) is 1. The highest BCUT2D eigenvalue weighted by Gasteiger charge is 2.55. The maximum absolute atomic E-state index is 12.9. The molecule has 1 N–H and O–H groups in total. The fourth-order valence-corrected chi connectivity index (χ4v) is 5.25. The van der Waals surface area contributed by atoms with Crippen LogP contribution in [-0.2, 0) is 23.9 Å². The first-order chi connectivity index (χ1) is 13.9. The van der Waals surface area contributed by atoms with E-state index in [0.717, 1.165) is 11.3 Å². The van der Waals surface area contributed by atoms with E-state index in [9.17, 15) is 14.4 Å². The van der Waals surface area contributed by atoms with Crippen molar-refractivity contribution in [3.05, 3.63) is 42.0 Å². The van der Waals surface area contributed by atoms with Gasteiger partial charge in [0, 0.05) is 25.3 Å². The van der Waals surface area contributed by atoms with Gasteiger partial charge in [-0.2, -0.15) is 0 Å². The molecule has 1 aromatic rings. The first-order valence-corrected chi connectivity index (χ1v) is 9.94. The second-order valence-electron chi connectivity index (χ2n) is 7.99. The van der Waals surface area contributed by atoms with Crippen LogP contribution >= 0.6 is 0 Å². The lowest BCUT2D eigenvalue weighted by Crippen LogP contribution is -2.67. The van der Waals surface area contributed by atoms with Crippen molar-refractivity contribution in [1.82, 2.24) is 4.90 Å². The molecule has 5 unspecified atom stereocenters. The minimum atomic E-state index is -0.665. The summed E-state index contributed by atoms with van der Waals surface area (Å²) >= 11 is 0. The Balaban J connectivity index is 1.80. The third-order valence-electron chi connectivity index (χ3n) is 6.67. The first kappa shape index (κ1) is 19.8. The lowest BCUT2D eigenvalue weighted by atomic mass is 9.72. The quantitative estimate of drug-likeness (QED) is 0.782. The van der Waals surface area contributed by atoms with Gasteiger partial charge in [-0.15, -0.1) is 0 Å². The zero-order valence-electron chi connectivity index (χ0n) is 16.9. The average molecular weight is 398 g/mol. The van der Waals surface area contributed by atoms with Gasteiger partial charge in [0.15, 0.2) is 5.78 Å². The number of methoxy groups -OCH3 is 2. The predicted octanol–water partition coefficient (Wildman–Crippen LogP) is 2.03. The number of hydrogen-bond acceptors (Lipinski definition) is 6. The summed E-state index contributed by atoms with van der Waals surface area (Å²) in [6.45, 7) is 1.77. The summed E-state index contributed by atoms with van der Waals surface area (Å²) in [6, 6.07) is 6.41. The molecule has 1 aliphatic carbocycles. The number of carbonyl (C=O) groups is 3. The van der Waals surface area contributed by atoms with Gasteiger partial charge in [-0.05, 0) is 43.5 Å². The normalized spacial score (nSPS) is 32.3. The van der Waals surface area contributed by atoms with E-state index in [1.54, 1.807) is 20.1 Å². The number of allylic oxidation sites excluding steroid dienone is 1. The van der Waals surface area contributed by atoms with Crippen LogP contribution in [0.2, 0.25) is 0 Å². The van der Waals surface area contributed by atoms with E-state index >= 15 is 0 Å². The zero-order chi connectivity index (χ0) is 20.8. The second-order valence-corrected chi connectivity index (χ2v) is 7.99. The van der Waals surface area contributed by atoms with Crippen molar-refractivity contribution in [2.45, 2.75) is 55.8 Å². The fraction of sp³-hybridized carbons (Fsp3) is 0.500. The molecule has 0 aromatic heterocycles. The van der Waals surface area contributed by atoms with Crippen LogP contribution in [0.4, 0.5) is 5.69 Å². The number of ether oxygens (including phenoxy) is 2.